The summed E-state index contributed by atoms with van der Waals surface area (Å²) >= 11 is 1.58. The van der Waals surface area contributed by atoms with Gasteiger partial charge in [0, 0.05) is 11.8 Å². The summed E-state index contributed by atoms with van der Waals surface area (Å²) in [6.07, 6.45) is 2.14. The van der Waals surface area contributed by atoms with E-state index in [-0.39, 0.29) is 5.82 Å². The number of fused-ring (bicyclic) bond motifs is 1. The molecule has 5 rings (SSSR count). The zero-order valence-corrected chi connectivity index (χ0v) is 16.2. The van der Waals surface area contributed by atoms with E-state index in [0.717, 1.165) is 40.4 Å². The standard InChI is InChI=1S/C21H18FN5S/c1-13-19(24-18-9-5-4-8-17(18)23-13)12-28-21-26-25-20(27(21)14-10-11-14)15-6-2-3-7-16(15)22/h2-9,14H,10-12H2,1H3. The maximum atomic E-state index is 14.3. The van der Waals surface area contributed by atoms with Gasteiger partial charge in [0.25, 0.3) is 0 Å². The number of thioether (sulfide) groups is 1. The molecule has 2 heterocycles. The van der Waals surface area contributed by atoms with Crippen LogP contribution in [0.3, 0.4) is 0 Å². The molecule has 0 spiro atoms. The lowest BCUT2D eigenvalue weighted by molar-refractivity contribution is 0.622. The molecule has 28 heavy (non-hydrogen) atoms. The molecule has 5 nitrogen and oxygen atoms in total. The summed E-state index contributed by atoms with van der Waals surface area (Å²) in [5, 5.41) is 9.47. The molecular formula is C21H18FN5S. The van der Waals surface area contributed by atoms with Crippen LogP contribution in [0.4, 0.5) is 4.39 Å². The van der Waals surface area contributed by atoms with Gasteiger partial charge in [-0.05, 0) is 44.0 Å². The second kappa shape index (κ2) is 6.98. The SMILES string of the molecule is Cc1nc2ccccc2nc1CSc1nnc(-c2ccccc2F)n1C1CC1. The van der Waals surface area contributed by atoms with Gasteiger partial charge in [-0.2, -0.15) is 0 Å². The van der Waals surface area contributed by atoms with E-state index in [1.807, 2.05) is 37.3 Å². The van der Waals surface area contributed by atoms with Crippen LogP contribution in [0.15, 0.2) is 53.7 Å². The van der Waals surface area contributed by atoms with E-state index in [4.69, 9.17) is 4.98 Å². The van der Waals surface area contributed by atoms with Gasteiger partial charge in [-0.25, -0.2) is 14.4 Å². The maximum absolute atomic E-state index is 14.3. The zero-order chi connectivity index (χ0) is 19.1. The van der Waals surface area contributed by atoms with E-state index in [1.54, 1.807) is 23.9 Å². The Balaban J connectivity index is 1.47. The average Bonchev–Trinajstić information content (AvgIpc) is 3.46. The maximum Gasteiger partial charge on any atom is 0.192 e. The van der Waals surface area contributed by atoms with Gasteiger partial charge < -0.3 is 0 Å². The predicted molar refractivity (Wildman–Crippen MR) is 108 cm³/mol. The normalized spacial score (nSPS) is 13.9. The number of aryl methyl sites for hydroxylation is 1. The molecule has 0 bridgehead atoms. The van der Waals surface area contributed by atoms with Crippen molar-refractivity contribution in [3.63, 3.8) is 0 Å². The lowest BCUT2D eigenvalue weighted by atomic mass is 10.2. The molecule has 1 aliphatic carbocycles. The van der Waals surface area contributed by atoms with Crippen LogP contribution in [-0.4, -0.2) is 24.7 Å². The summed E-state index contributed by atoms with van der Waals surface area (Å²) in [4.78, 5) is 9.41. The van der Waals surface area contributed by atoms with Crippen molar-refractivity contribution in [2.24, 2.45) is 0 Å². The van der Waals surface area contributed by atoms with Crippen molar-refractivity contribution >= 4 is 22.8 Å². The van der Waals surface area contributed by atoms with Crippen LogP contribution in [0.5, 0.6) is 0 Å². The van der Waals surface area contributed by atoms with Crippen LogP contribution < -0.4 is 0 Å². The van der Waals surface area contributed by atoms with Crippen molar-refractivity contribution in [2.75, 3.05) is 0 Å². The molecule has 1 fully saturated rings. The minimum absolute atomic E-state index is 0.274. The first-order valence-corrected chi connectivity index (χ1v) is 10.2. The van der Waals surface area contributed by atoms with E-state index >= 15 is 0 Å². The van der Waals surface area contributed by atoms with E-state index in [0.29, 0.717) is 23.2 Å². The molecule has 0 amide bonds. The summed E-state index contributed by atoms with van der Waals surface area (Å²) in [5.74, 6) is 0.972. The van der Waals surface area contributed by atoms with Gasteiger partial charge in [-0.15, -0.1) is 10.2 Å². The Hall–Kier alpha value is -2.80. The molecule has 0 atom stereocenters. The quantitative estimate of drug-likeness (QED) is 0.450. The first-order valence-electron chi connectivity index (χ1n) is 9.25. The Labute approximate surface area is 166 Å². The van der Waals surface area contributed by atoms with Crippen molar-refractivity contribution in [3.05, 3.63) is 65.7 Å². The highest BCUT2D eigenvalue weighted by Crippen LogP contribution is 2.41. The van der Waals surface area contributed by atoms with Crippen molar-refractivity contribution in [3.8, 4) is 11.4 Å². The Morgan fingerprint density at radius 1 is 1.00 bits per heavy atom. The highest BCUT2D eigenvalue weighted by Gasteiger charge is 2.31. The third-order valence-electron chi connectivity index (χ3n) is 4.87. The van der Waals surface area contributed by atoms with Gasteiger partial charge in [0.15, 0.2) is 11.0 Å². The molecule has 0 saturated heterocycles. The summed E-state index contributed by atoms with van der Waals surface area (Å²) in [6, 6.07) is 14.9. The first kappa shape index (κ1) is 17.3. The Morgan fingerprint density at radius 2 is 1.71 bits per heavy atom. The number of benzene rings is 2. The second-order valence-corrected chi connectivity index (χ2v) is 7.86. The van der Waals surface area contributed by atoms with Crippen LogP contribution in [0.1, 0.15) is 30.3 Å². The number of hydrogen-bond donors (Lipinski definition) is 0. The van der Waals surface area contributed by atoms with Gasteiger partial charge in [0.05, 0.1) is 28.0 Å². The van der Waals surface area contributed by atoms with Crippen molar-refractivity contribution in [2.45, 2.75) is 36.7 Å². The van der Waals surface area contributed by atoms with Crippen molar-refractivity contribution in [1.29, 1.82) is 0 Å². The molecular weight excluding hydrogens is 373 g/mol. The van der Waals surface area contributed by atoms with E-state index < -0.39 is 0 Å². The third kappa shape index (κ3) is 3.16. The predicted octanol–water partition coefficient (Wildman–Crippen LogP) is 4.96. The summed E-state index contributed by atoms with van der Waals surface area (Å²) < 4.78 is 16.4. The minimum Gasteiger partial charge on any atom is -0.299 e. The fraction of sp³-hybridized carbons (Fsp3) is 0.238. The monoisotopic (exact) mass is 391 g/mol. The lowest BCUT2D eigenvalue weighted by Gasteiger charge is -2.10. The van der Waals surface area contributed by atoms with Crippen LogP contribution in [-0.2, 0) is 5.75 Å². The van der Waals surface area contributed by atoms with Gasteiger partial charge in [-0.3, -0.25) is 4.57 Å². The number of para-hydroxylation sites is 2. The number of aromatic nitrogens is 5. The molecule has 1 aliphatic rings. The number of halogens is 1. The fourth-order valence-corrected chi connectivity index (χ4v) is 4.27. The van der Waals surface area contributed by atoms with E-state index in [1.165, 1.54) is 6.07 Å². The molecule has 140 valence electrons. The summed E-state index contributed by atoms with van der Waals surface area (Å²) in [7, 11) is 0. The van der Waals surface area contributed by atoms with Gasteiger partial charge in [-0.1, -0.05) is 36.0 Å². The van der Waals surface area contributed by atoms with Crippen LogP contribution in [0.2, 0.25) is 0 Å². The lowest BCUT2D eigenvalue weighted by Crippen LogP contribution is -2.02. The molecule has 4 aromatic rings. The number of nitrogens with zero attached hydrogens (tertiary/aromatic N) is 5. The Bertz CT molecular complexity index is 1170. The summed E-state index contributed by atoms with van der Waals surface area (Å²) in [5.41, 5.74) is 4.13. The van der Waals surface area contributed by atoms with Crippen LogP contribution >= 0.6 is 11.8 Å². The third-order valence-corrected chi connectivity index (χ3v) is 5.83. The number of hydrogen-bond acceptors (Lipinski definition) is 5. The highest BCUT2D eigenvalue weighted by atomic mass is 32.2. The molecule has 0 aliphatic heterocycles. The molecule has 0 unspecified atom stereocenters. The first-order chi connectivity index (χ1) is 13.7. The molecule has 7 heteroatoms. The Morgan fingerprint density at radius 3 is 2.46 bits per heavy atom. The van der Waals surface area contributed by atoms with E-state index in [2.05, 4.69) is 19.7 Å². The van der Waals surface area contributed by atoms with Crippen molar-refractivity contribution in [1.82, 2.24) is 24.7 Å². The van der Waals surface area contributed by atoms with Gasteiger partial charge in [0.2, 0.25) is 0 Å². The molecule has 2 aromatic carbocycles. The van der Waals surface area contributed by atoms with Gasteiger partial charge >= 0.3 is 0 Å². The largest absolute Gasteiger partial charge is 0.299 e. The molecule has 0 radical (unpaired) electrons. The average molecular weight is 391 g/mol. The second-order valence-electron chi connectivity index (χ2n) is 6.92. The molecule has 2 aromatic heterocycles. The van der Waals surface area contributed by atoms with E-state index in [9.17, 15) is 4.39 Å². The molecule has 0 N–H and O–H groups in total. The number of rotatable bonds is 5. The highest BCUT2D eigenvalue weighted by molar-refractivity contribution is 7.98. The fourth-order valence-electron chi connectivity index (χ4n) is 3.26. The van der Waals surface area contributed by atoms with Crippen LogP contribution in [0, 0.1) is 12.7 Å². The topological polar surface area (TPSA) is 56.5 Å². The minimum atomic E-state index is -0.274. The summed E-state index contributed by atoms with van der Waals surface area (Å²) in [6.45, 7) is 1.98. The van der Waals surface area contributed by atoms with Crippen molar-refractivity contribution < 1.29 is 4.39 Å². The van der Waals surface area contributed by atoms with Gasteiger partial charge in [0.1, 0.15) is 5.82 Å². The van der Waals surface area contributed by atoms with Crippen LogP contribution in [0.25, 0.3) is 22.4 Å². The smallest absolute Gasteiger partial charge is 0.192 e. The Kier molecular flexibility index (Phi) is 4.31. The molecule has 1 saturated carbocycles. The zero-order valence-electron chi connectivity index (χ0n) is 15.3.